The van der Waals surface area contributed by atoms with Crippen LogP contribution in [-0.2, 0) is 6.54 Å². The van der Waals surface area contributed by atoms with Gasteiger partial charge in [-0.15, -0.1) is 0 Å². The second-order valence-electron chi connectivity index (χ2n) is 7.75. The minimum Gasteiger partial charge on any atom is -0.368 e. The van der Waals surface area contributed by atoms with Crippen LogP contribution in [0, 0.1) is 19.7 Å². The van der Waals surface area contributed by atoms with Gasteiger partial charge in [-0.05, 0) is 25.5 Å². The lowest BCUT2D eigenvalue weighted by molar-refractivity contribution is 0.607. The maximum absolute atomic E-state index is 14.7. The van der Waals surface area contributed by atoms with Crippen LogP contribution in [0.1, 0.15) is 11.3 Å². The van der Waals surface area contributed by atoms with E-state index in [1.807, 2.05) is 66.9 Å². The fourth-order valence-corrected chi connectivity index (χ4v) is 4.06. The first-order chi connectivity index (χ1) is 15.6. The molecule has 2 aromatic carbocycles. The Bertz CT molecular complexity index is 1370. The number of anilines is 1. The Morgan fingerprint density at radius 1 is 1.00 bits per heavy atom. The second-order valence-corrected chi connectivity index (χ2v) is 7.75. The van der Waals surface area contributed by atoms with Gasteiger partial charge < -0.3 is 14.9 Å². The zero-order valence-corrected chi connectivity index (χ0v) is 17.9. The van der Waals surface area contributed by atoms with E-state index in [4.69, 9.17) is 0 Å². The first-order valence-electron chi connectivity index (χ1n) is 10.5. The van der Waals surface area contributed by atoms with Gasteiger partial charge in [0, 0.05) is 48.1 Å². The number of rotatable bonds is 6. The molecular weight excluding hydrogens is 403 g/mol. The lowest BCUT2D eigenvalue weighted by Gasteiger charge is -2.11. The number of nitrogens with zero attached hydrogens (tertiary/aromatic N) is 4. The predicted octanol–water partition coefficient (Wildman–Crippen LogP) is 5.36. The SMILES string of the molecule is Cc1cccc2c1c(F)c(C)n2CCNc1cc(-c2ccc(-c3ncc[nH]3)cc2)ncn1. The Balaban J connectivity index is 1.31. The molecule has 3 aromatic heterocycles. The number of hydrogen-bond acceptors (Lipinski definition) is 4. The van der Waals surface area contributed by atoms with Crippen molar-refractivity contribution in [2.75, 3.05) is 11.9 Å². The van der Waals surface area contributed by atoms with E-state index in [1.54, 1.807) is 18.7 Å². The summed E-state index contributed by atoms with van der Waals surface area (Å²) in [7, 11) is 0. The summed E-state index contributed by atoms with van der Waals surface area (Å²) in [6.07, 6.45) is 5.09. The van der Waals surface area contributed by atoms with Crippen LogP contribution in [0.15, 0.2) is 67.3 Å². The lowest BCUT2D eigenvalue weighted by Crippen LogP contribution is -2.12. The fourth-order valence-electron chi connectivity index (χ4n) is 4.06. The van der Waals surface area contributed by atoms with E-state index in [0.29, 0.717) is 24.2 Å². The summed E-state index contributed by atoms with van der Waals surface area (Å²) in [6.45, 7) is 5.01. The van der Waals surface area contributed by atoms with E-state index in [2.05, 4.69) is 25.3 Å². The van der Waals surface area contributed by atoms with Crippen molar-refractivity contribution >= 4 is 16.7 Å². The van der Waals surface area contributed by atoms with Gasteiger partial charge in [-0.25, -0.2) is 19.3 Å². The number of aromatic amines is 1. The predicted molar refractivity (Wildman–Crippen MR) is 125 cm³/mol. The Kier molecular flexibility index (Phi) is 5.15. The lowest BCUT2D eigenvalue weighted by atomic mass is 10.1. The molecule has 160 valence electrons. The highest BCUT2D eigenvalue weighted by Gasteiger charge is 2.15. The summed E-state index contributed by atoms with van der Waals surface area (Å²) in [5, 5.41) is 4.04. The molecule has 0 saturated heterocycles. The minimum absolute atomic E-state index is 0.139. The zero-order valence-electron chi connectivity index (χ0n) is 17.9. The number of fused-ring (bicyclic) bond motifs is 1. The maximum atomic E-state index is 14.7. The maximum Gasteiger partial charge on any atom is 0.151 e. The van der Waals surface area contributed by atoms with E-state index in [-0.39, 0.29) is 5.82 Å². The van der Waals surface area contributed by atoms with Crippen LogP contribution in [0.4, 0.5) is 10.2 Å². The molecule has 0 radical (unpaired) electrons. The van der Waals surface area contributed by atoms with Crippen molar-refractivity contribution < 1.29 is 4.39 Å². The summed E-state index contributed by atoms with van der Waals surface area (Å²) in [6, 6.07) is 15.9. The Morgan fingerprint density at radius 2 is 1.81 bits per heavy atom. The molecule has 32 heavy (non-hydrogen) atoms. The van der Waals surface area contributed by atoms with Crippen molar-refractivity contribution in [3.8, 4) is 22.6 Å². The summed E-state index contributed by atoms with van der Waals surface area (Å²) < 4.78 is 16.7. The molecule has 7 heteroatoms. The van der Waals surface area contributed by atoms with Crippen molar-refractivity contribution in [2.45, 2.75) is 20.4 Å². The quantitative estimate of drug-likeness (QED) is 0.384. The van der Waals surface area contributed by atoms with E-state index < -0.39 is 0 Å². The van der Waals surface area contributed by atoms with Crippen LogP contribution in [0.3, 0.4) is 0 Å². The number of aromatic nitrogens is 5. The summed E-state index contributed by atoms with van der Waals surface area (Å²) in [4.78, 5) is 16.1. The zero-order chi connectivity index (χ0) is 22.1. The first kappa shape index (κ1) is 19.9. The van der Waals surface area contributed by atoms with Crippen molar-refractivity contribution in [1.29, 1.82) is 0 Å². The number of halogens is 1. The molecule has 0 aliphatic rings. The van der Waals surface area contributed by atoms with Crippen LogP contribution >= 0.6 is 0 Å². The summed E-state index contributed by atoms with van der Waals surface area (Å²) in [5.74, 6) is 1.43. The summed E-state index contributed by atoms with van der Waals surface area (Å²) >= 11 is 0. The average Bonchev–Trinajstić information content (AvgIpc) is 3.44. The van der Waals surface area contributed by atoms with Crippen molar-refractivity contribution in [1.82, 2.24) is 24.5 Å². The van der Waals surface area contributed by atoms with Crippen LogP contribution in [0.5, 0.6) is 0 Å². The van der Waals surface area contributed by atoms with E-state index in [0.717, 1.165) is 39.5 Å². The van der Waals surface area contributed by atoms with Gasteiger partial charge in [-0.1, -0.05) is 36.4 Å². The monoisotopic (exact) mass is 426 g/mol. The van der Waals surface area contributed by atoms with Gasteiger partial charge in [0.05, 0.1) is 16.9 Å². The van der Waals surface area contributed by atoms with Gasteiger partial charge in [0.2, 0.25) is 0 Å². The molecule has 0 atom stereocenters. The second kappa shape index (κ2) is 8.26. The molecule has 0 amide bonds. The fraction of sp³-hybridized carbons (Fsp3) is 0.160. The molecule has 6 nitrogen and oxygen atoms in total. The van der Waals surface area contributed by atoms with E-state index in [1.165, 1.54) is 0 Å². The number of imidazole rings is 1. The van der Waals surface area contributed by atoms with Gasteiger partial charge >= 0.3 is 0 Å². The largest absolute Gasteiger partial charge is 0.368 e. The van der Waals surface area contributed by atoms with Crippen LogP contribution in [0.2, 0.25) is 0 Å². The van der Waals surface area contributed by atoms with Crippen molar-refractivity contribution in [3.63, 3.8) is 0 Å². The molecule has 0 saturated carbocycles. The number of hydrogen-bond donors (Lipinski definition) is 2. The molecular formula is C25H23FN6. The van der Waals surface area contributed by atoms with Crippen LogP contribution in [-0.4, -0.2) is 31.0 Å². The normalized spacial score (nSPS) is 11.2. The molecule has 0 aliphatic heterocycles. The number of nitrogens with one attached hydrogen (secondary N) is 2. The molecule has 0 bridgehead atoms. The standard InChI is InChI=1S/C25H23FN6/c1-16-4-3-5-21-23(16)24(26)17(2)32(21)13-12-27-22-14-20(30-15-31-22)18-6-8-19(9-7-18)25-28-10-11-29-25/h3-11,14-15H,12-13H2,1-2H3,(H,28,29)(H,27,30,31). The number of aryl methyl sites for hydroxylation is 1. The Labute approximate surface area is 185 Å². The Hall–Kier alpha value is -4.00. The first-order valence-corrected chi connectivity index (χ1v) is 10.5. The Morgan fingerprint density at radius 3 is 2.59 bits per heavy atom. The third kappa shape index (κ3) is 3.62. The third-order valence-corrected chi connectivity index (χ3v) is 5.74. The molecule has 0 spiro atoms. The van der Waals surface area contributed by atoms with Gasteiger partial charge in [-0.3, -0.25) is 0 Å². The van der Waals surface area contributed by atoms with E-state index >= 15 is 0 Å². The highest BCUT2D eigenvalue weighted by atomic mass is 19.1. The van der Waals surface area contributed by atoms with Gasteiger partial charge in [0.1, 0.15) is 18.0 Å². The molecule has 3 heterocycles. The van der Waals surface area contributed by atoms with Crippen molar-refractivity contribution in [3.05, 3.63) is 84.3 Å². The van der Waals surface area contributed by atoms with Crippen LogP contribution < -0.4 is 5.32 Å². The molecule has 0 unspecified atom stereocenters. The minimum atomic E-state index is -0.139. The topological polar surface area (TPSA) is 71.4 Å². The highest BCUT2D eigenvalue weighted by Crippen LogP contribution is 2.27. The molecule has 5 aromatic rings. The van der Waals surface area contributed by atoms with Crippen molar-refractivity contribution in [2.24, 2.45) is 0 Å². The van der Waals surface area contributed by atoms with E-state index in [9.17, 15) is 4.39 Å². The smallest absolute Gasteiger partial charge is 0.151 e. The summed E-state index contributed by atoms with van der Waals surface area (Å²) in [5.41, 5.74) is 5.36. The highest BCUT2D eigenvalue weighted by molar-refractivity contribution is 5.85. The third-order valence-electron chi connectivity index (χ3n) is 5.74. The molecule has 0 aliphatic carbocycles. The average molecular weight is 426 g/mol. The molecule has 2 N–H and O–H groups in total. The van der Waals surface area contributed by atoms with Gasteiger partial charge in [-0.2, -0.15) is 0 Å². The number of H-pyrrole nitrogens is 1. The molecule has 5 rings (SSSR count). The van der Waals surface area contributed by atoms with Gasteiger partial charge in [0.25, 0.3) is 0 Å². The van der Waals surface area contributed by atoms with Gasteiger partial charge in [0.15, 0.2) is 5.82 Å². The van der Waals surface area contributed by atoms with Crippen LogP contribution in [0.25, 0.3) is 33.5 Å². The number of benzene rings is 2. The molecule has 0 fully saturated rings.